The van der Waals surface area contributed by atoms with Crippen LogP contribution in [0.15, 0.2) is 66.7 Å². The topological polar surface area (TPSA) is 131 Å². The number of rotatable bonds is 9. The molecule has 13 heteroatoms. The number of fused-ring (bicyclic) bond motifs is 1. The Bertz CT molecular complexity index is 1700. The number of sulfonamides is 1. The third-order valence-electron chi connectivity index (χ3n) is 8.11. The molecule has 0 saturated heterocycles. The predicted octanol–water partition coefficient (Wildman–Crippen LogP) is 4.65. The fraction of sp³-hybridized carbons (Fsp3) is 0.344. The fourth-order valence-corrected chi connectivity index (χ4v) is 7.24. The van der Waals surface area contributed by atoms with Gasteiger partial charge in [0.25, 0.3) is 11.8 Å². The molecule has 1 heterocycles. The second-order valence-corrected chi connectivity index (χ2v) is 13.4. The second-order valence-electron chi connectivity index (χ2n) is 11.2. The minimum atomic E-state index is -3.60. The molecule has 45 heavy (non-hydrogen) atoms. The van der Waals surface area contributed by atoms with Crippen molar-refractivity contribution >= 4 is 39.4 Å². The molecular weight excluding hydrogens is 625 g/mol. The van der Waals surface area contributed by atoms with Crippen LogP contribution in [0.3, 0.4) is 0 Å². The Morgan fingerprint density at radius 3 is 2.47 bits per heavy atom. The number of amides is 2. The van der Waals surface area contributed by atoms with Crippen LogP contribution in [0.5, 0.6) is 0 Å². The van der Waals surface area contributed by atoms with Crippen LogP contribution in [-0.2, 0) is 31.0 Å². The van der Waals surface area contributed by atoms with E-state index >= 15 is 0 Å². The Labute approximate surface area is 265 Å². The molecule has 0 bridgehead atoms. The molecule has 0 spiro atoms. The first kappa shape index (κ1) is 32.6. The zero-order valence-electron chi connectivity index (χ0n) is 24.7. The number of ether oxygens (including phenoxy) is 1. The Kier molecular flexibility index (Phi) is 9.88. The number of benzene rings is 3. The summed E-state index contributed by atoms with van der Waals surface area (Å²) < 4.78 is 46.3. The van der Waals surface area contributed by atoms with Crippen LogP contribution in [0.4, 0.5) is 4.39 Å². The lowest BCUT2D eigenvalue weighted by atomic mass is 9.76. The third kappa shape index (κ3) is 7.36. The highest BCUT2D eigenvalue weighted by molar-refractivity contribution is 7.88. The van der Waals surface area contributed by atoms with Gasteiger partial charge in [-0.15, -0.1) is 0 Å². The molecule has 1 aliphatic heterocycles. The van der Waals surface area contributed by atoms with E-state index in [2.05, 4.69) is 14.9 Å². The van der Waals surface area contributed by atoms with Gasteiger partial charge in [0.05, 0.1) is 37.5 Å². The fourth-order valence-electron chi connectivity index (χ4n) is 6.29. The number of halogens is 2. The zero-order chi connectivity index (χ0) is 32.3. The van der Waals surface area contributed by atoms with Gasteiger partial charge in [-0.25, -0.2) is 27.8 Å². The average Bonchev–Trinajstić information content (AvgIpc) is 3.00. The predicted molar refractivity (Wildman–Crippen MR) is 164 cm³/mol. The number of hydroxylamine groups is 1. The highest BCUT2D eigenvalue weighted by atomic mass is 35.5. The van der Waals surface area contributed by atoms with E-state index in [0.717, 1.165) is 25.2 Å². The Morgan fingerprint density at radius 2 is 1.76 bits per heavy atom. The van der Waals surface area contributed by atoms with Crippen molar-refractivity contribution in [2.24, 2.45) is 0 Å². The van der Waals surface area contributed by atoms with Crippen LogP contribution >= 0.6 is 11.6 Å². The Balaban J connectivity index is 1.52. The molecule has 0 aromatic heterocycles. The van der Waals surface area contributed by atoms with E-state index in [1.807, 2.05) is 0 Å². The Hall–Kier alpha value is -3.84. The first-order chi connectivity index (χ1) is 21.5. The van der Waals surface area contributed by atoms with Crippen LogP contribution in [0, 0.1) is 5.82 Å². The Morgan fingerprint density at radius 1 is 1.04 bits per heavy atom. The molecule has 2 N–H and O–H groups in total. The van der Waals surface area contributed by atoms with Gasteiger partial charge in [-0.05, 0) is 65.9 Å². The highest BCUT2D eigenvalue weighted by Gasteiger charge is 2.49. The number of hydrogen-bond donors (Lipinski definition) is 2. The number of methoxy groups -OCH3 is 1. The van der Waals surface area contributed by atoms with Crippen molar-refractivity contribution in [3.63, 3.8) is 0 Å². The molecule has 0 unspecified atom stereocenters. The van der Waals surface area contributed by atoms with Gasteiger partial charge in [0, 0.05) is 22.7 Å². The van der Waals surface area contributed by atoms with Crippen LogP contribution in [0.25, 0.3) is 0 Å². The second kappa shape index (κ2) is 13.7. The van der Waals surface area contributed by atoms with E-state index in [0.29, 0.717) is 34.6 Å². The summed E-state index contributed by atoms with van der Waals surface area (Å²) in [6, 6.07) is 15.3. The molecule has 2 aliphatic rings. The quantitative estimate of drug-likeness (QED) is 0.253. The van der Waals surface area contributed by atoms with Gasteiger partial charge >= 0.3 is 5.97 Å². The molecule has 10 nitrogen and oxygen atoms in total. The van der Waals surface area contributed by atoms with Crippen molar-refractivity contribution in [3.05, 3.63) is 105 Å². The summed E-state index contributed by atoms with van der Waals surface area (Å²) in [5.74, 6) is -3.27. The van der Waals surface area contributed by atoms with Crippen molar-refractivity contribution in [1.29, 1.82) is 0 Å². The molecular formula is C32H33ClFN3O7S. The van der Waals surface area contributed by atoms with E-state index < -0.39 is 51.8 Å². The minimum absolute atomic E-state index is 0.00895. The zero-order valence-corrected chi connectivity index (χ0v) is 26.2. The SMILES string of the molecule is COC(=O)c1cc(F)cc(CONC(=O)[C@@H]2c3ccccc3C(=O)N([C@H]3CCCC[C@@H]3NS(C)(=O)=O)[C@H]2c2ccc(Cl)cc2)c1. The molecule has 1 fully saturated rings. The maximum absolute atomic E-state index is 14.3. The maximum Gasteiger partial charge on any atom is 0.337 e. The maximum atomic E-state index is 14.3. The van der Waals surface area contributed by atoms with E-state index in [-0.39, 0.29) is 23.6 Å². The van der Waals surface area contributed by atoms with E-state index in [1.54, 1.807) is 53.4 Å². The molecule has 1 saturated carbocycles. The minimum Gasteiger partial charge on any atom is -0.465 e. The van der Waals surface area contributed by atoms with Gasteiger partial charge in [0.15, 0.2) is 0 Å². The van der Waals surface area contributed by atoms with Gasteiger partial charge in [-0.3, -0.25) is 14.4 Å². The van der Waals surface area contributed by atoms with E-state index in [1.165, 1.54) is 19.2 Å². The molecule has 3 aromatic rings. The van der Waals surface area contributed by atoms with Crippen molar-refractivity contribution in [2.45, 2.75) is 56.3 Å². The standard InChI is InChI=1S/C32H33ClFN3O7S/c1-43-32(40)21-15-19(16-23(34)17-21)18-44-35-30(38)28-24-7-3-4-8-25(24)31(39)37(29(28)20-11-13-22(33)14-12-20)27-10-6-5-9-26(27)36-45(2,41)42/h3-4,7-8,11-17,26-29,36H,5-6,9-10,18H2,1-2H3,(H,35,38)/t26-,27-,28+,29-/m0/s1. The summed E-state index contributed by atoms with van der Waals surface area (Å²) in [5.41, 5.74) is 4.16. The summed E-state index contributed by atoms with van der Waals surface area (Å²) >= 11 is 6.21. The largest absolute Gasteiger partial charge is 0.465 e. The monoisotopic (exact) mass is 657 g/mol. The highest BCUT2D eigenvalue weighted by Crippen LogP contribution is 2.46. The lowest BCUT2D eigenvalue weighted by Crippen LogP contribution is -2.59. The van der Waals surface area contributed by atoms with Gasteiger partial charge in [0.2, 0.25) is 10.0 Å². The van der Waals surface area contributed by atoms with Crippen molar-refractivity contribution in [2.75, 3.05) is 13.4 Å². The molecule has 4 atom stereocenters. The summed E-state index contributed by atoms with van der Waals surface area (Å²) in [7, 11) is -2.42. The van der Waals surface area contributed by atoms with E-state index in [9.17, 15) is 27.2 Å². The number of hydrogen-bond acceptors (Lipinski definition) is 7. The normalized spacial score (nSPS) is 21.6. The first-order valence-corrected chi connectivity index (χ1v) is 16.7. The average molecular weight is 658 g/mol. The molecule has 2 amide bonds. The van der Waals surface area contributed by atoms with Gasteiger partial charge in [0.1, 0.15) is 5.82 Å². The summed E-state index contributed by atoms with van der Waals surface area (Å²) in [6.45, 7) is -0.265. The van der Waals surface area contributed by atoms with Crippen molar-refractivity contribution in [1.82, 2.24) is 15.1 Å². The van der Waals surface area contributed by atoms with Gasteiger partial charge in [-0.1, -0.05) is 54.8 Å². The number of nitrogens with zero attached hydrogens (tertiary/aromatic N) is 1. The number of carbonyl (C=O) groups excluding carboxylic acids is 3. The van der Waals surface area contributed by atoms with Crippen molar-refractivity contribution in [3.8, 4) is 0 Å². The number of esters is 1. The number of carbonyl (C=O) groups is 3. The van der Waals surface area contributed by atoms with Crippen LogP contribution in [0.2, 0.25) is 5.02 Å². The lowest BCUT2D eigenvalue weighted by molar-refractivity contribution is -0.138. The molecule has 3 aromatic carbocycles. The third-order valence-corrected chi connectivity index (χ3v) is 9.10. The summed E-state index contributed by atoms with van der Waals surface area (Å²) in [5, 5.41) is 0.466. The molecule has 5 rings (SSSR count). The van der Waals surface area contributed by atoms with Crippen LogP contribution in [0.1, 0.15) is 75.0 Å². The van der Waals surface area contributed by atoms with E-state index in [4.69, 9.17) is 16.4 Å². The summed E-state index contributed by atoms with van der Waals surface area (Å²) in [4.78, 5) is 47.4. The van der Waals surface area contributed by atoms with Crippen LogP contribution in [-0.4, -0.2) is 56.6 Å². The first-order valence-electron chi connectivity index (χ1n) is 14.4. The molecule has 238 valence electrons. The molecule has 0 radical (unpaired) electrons. The summed E-state index contributed by atoms with van der Waals surface area (Å²) in [6.07, 6.45) is 3.69. The lowest BCUT2D eigenvalue weighted by Gasteiger charge is -2.49. The van der Waals surface area contributed by atoms with Gasteiger partial charge < -0.3 is 9.64 Å². The van der Waals surface area contributed by atoms with Crippen molar-refractivity contribution < 1.29 is 36.8 Å². The van der Waals surface area contributed by atoms with Crippen LogP contribution < -0.4 is 10.2 Å². The van der Waals surface area contributed by atoms with Gasteiger partial charge in [-0.2, -0.15) is 0 Å². The number of nitrogens with one attached hydrogen (secondary N) is 2. The smallest absolute Gasteiger partial charge is 0.337 e. The molecule has 1 aliphatic carbocycles.